The average Bonchev–Trinajstić information content (AvgIpc) is 2.84. The number of hydrogen-bond donors (Lipinski definition) is 2. The maximum atomic E-state index is 11.9. The van der Waals surface area contributed by atoms with E-state index in [2.05, 4.69) is 10.2 Å². The number of nitrogens with zero attached hydrogens (tertiary/aromatic N) is 1. The Morgan fingerprint density at radius 1 is 1.38 bits per heavy atom. The van der Waals surface area contributed by atoms with Crippen LogP contribution in [0.25, 0.3) is 6.08 Å². The molecule has 8 heteroatoms. The summed E-state index contributed by atoms with van der Waals surface area (Å²) < 4.78 is 6.00. The van der Waals surface area contributed by atoms with Gasteiger partial charge in [0.25, 0.3) is 11.1 Å². The van der Waals surface area contributed by atoms with Crippen LogP contribution >= 0.6 is 24.2 Å². The Hall–Kier alpha value is -1.70. The first-order chi connectivity index (χ1) is 11.9. The number of carbonyl (C=O) groups excluding carboxylic acids is 2. The number of thioether (sulfide) groups is 1. The van der Waals surface area contributed by atoms with E-state index in [0.717, 1.165) is 54.7 Å². The van der Waals surface area contributed by atoms with Crippen molar-refractivity contribution in [2.45, 2.75) is 38.8 Å². The zero-order valence-corrected chi connectivity index (χ0v) is 16.5. The molecule has 3 rings (SSSR count). The number of anilines is 1. The highest BCUT2D eigenvalue weighted by Crippen LogP contribution is 2.37. The lowest BCUT2D eigenvalue weighted by Crippen LogP contribution is -2.43. The van der Waals surface area contributed by atoms with Gasteiger partial charge in [0.15, 0.2) is 0 Å². The minimum Gasteiger partial charge on any atom is -0.489 e. The van der Waals surface area contributed by atoms with Gasteiger partial charge in [-0.3, -0.25) is 14.9 Å². The van der Waals surface area contributed by atoms with Gasteiger partial charge >= 0.3 is 0 Å². The van der Waals surface area contributed by atoms with Crippen molar-refractivity contribution in [3.05, 3.63) is 28.7 Å². The number of halogens is 1. The molecule has 2 aliphatic heterocycles. The minimum atomic E-state index is -0.355. The van der Waals surface area contributed by atoms with E-state index in [-0.39, 0.29) is 35.7 Å². The minimum absolute atomic E-state index is 0. The Bertz CT molecular complexity index is 724. The Morgan fingerprint density at radius 2 is 2.15 bits per heavy atom. The van der Waals surface area contributed by atoms with Crippen molar-refractivity contribution in [2.75, 3.05) is 18.0 Å². The van der Waals surface area contributed by atoms with E-state index in [1.165, 1.54) is 0 Å². The van der Waals surface area contributed by atoms with Crippen LogP contribution in [0.4, 0.5) is 10.5 Å². The number of carbonyl (C=O) groups is 2. The van der Waals surface area contributed by atoms with Crippen molar-refractivity contribution in [3.63, 3.8) is 0 Å². The largest absolute Gasteiger partial charge is 0.489 e. The van der Waals surface area contributed by atoms with Gasteiger partial charge in [-0.05, 0) is 50.6 Å². The molecule has 26 heavy (non-hydrogen) atoms. The zero-order valence-electron chi connectivity index (χ0n) is 14.9. The lowest BCUT2D eigenvalue weighted by Gasteiger charge is -2.35. The zero-order chi connectivity index (χ0) is 18.0. The van der Waals surface area contributed by atoms with Crippen molar-refractivity contribution < 1.29 is 14.3 Å². The van der Waals surface area contributed by atoms with Crippen LogP contribution in [0, 0.1) is 0 Å². The van der Waals surface area contributed by atoms with E-state index in [0.29, 0.717) is 4.91 Å². The standard InChI is InChI=1S/C18H23N3O3S.ClH/c1-11(2)24-14-7-3-5-12(9-15-17(22)20-18(23)25-15)16(14)21-8-4-6-13(19)10-21;/h3,5,7,9,11,13H,4,6,8,10,19H2,1-2H3,(H,20,22,23);1H/b15-9-;/t13-;/m1./s1. The number of rotatable bonds is 4. The lowest BCUT2D eigenvalue weighted by molar-refractivity contribution is -0.115. The molecule has 0 aliphatic carbocycles. The summed E-state index contributed by atoms with van der Waals surface area (Å²) in [6.07, 6.45) is 3.81. The SMILES string of the molecule is CC(C)Oc1cccc(/C=C2\SC(=O)NC2=O)c1N1CCC[C@@H](N)C1.Cl. The fraction of sp³-hybridized carbons (Fsp3) is 0.444. The Balaban J connectivity index is 0.00000243. The van der Waals surface area contributed by atoms with E-state index in [4.69, 9.17) is 10.5 Å². The molecule has 0 saturated carbocycles. The lowest BCUT2D eigenvalue weighted by atomic mass is 10.0. The molecule has 2 aliphatic rings. The number of benzene rings is 1. The van der Waals surface area contributed by atoms with Crippen molar-refractivity contribution in [1.82, 2.24) is 5.32 Å². The van der Waals surface area contributed by atoms with Gasteiger partial charge in [0.2, 0.25) is 0 Å². The summed E-state index contributed by atoms with van der Waals surface area (Å²) in [6, 6.07) is 5.89. The number of ether oxygens (including phenoxy) is 1. The predicted molar refractivity (Wildman–Crippen MR) is 108 cm³/mol. The summed E-state index contributed by atoms with van der Waals surface area (Å²) in [5.41, 5.74) is 7.95. The summed E-state index contributed by atoms with van der Waals surface area (Å²) in [6.45, 7) is 5.60. The highest BCUT2D eigenvalue weighted by Gasteiger charge is 2.27. The van der Waals surface area contributed by atoms with Crippen LogP contribution in [0.5, 0.6) is 5.75 Å². The maximum absolute atomic E-state index is 11.9. The molecule has 142 valence electrons. The van der Waals surface area contributed by atoms with E-state index in [9.17, 15) is 9.59 Å². The predicted octanol–water partition coefficient (Wildman–Crippen LogP) is 3.15. The highest BCUT2D eigenvalue weighted by molar-refractivity contribution is 8.18. The molecule has 6 nitrogen and oxygen atoms in total. The van der Waals surface area contributed by atoms with Crippen LogP contribution in [-0.4, -0.2) is 36.4 Å². The van der Waals surface area contributed by atoms with Crippen LogP contribution < -0.4 is 20.7 Å². The summed E-state index contributed by atoms with van der Waals surface area (Å²) in [5, 5.41) is 1.95. The van der Waals surface area contributed by atoms with Gasteiger partial charge in [-0.15, -0.1) is 12.4 Å². The third-order valence-corrected chi connectivity index (χ3v) is 4.91. The summed E-state index contributed by atoms with van der Waals surface area (Å²) >= 11 is 0.922. The maximum Gasteiger partial charge on any atom is 0.290 e. The van der Waals surface area contributed by atoms with Crippen LogP contribution in [0.3, 0.4) is 0 Å². The molecule has 1 aromatic rings. The summed E-state index contributed by atoms with van der Waals surface area (Å²) in [5.74, 6) is 0.416. The molecule has 0 radical (unpaired) electrons. The number of hydrogen-bond acceptors (Lipinski definition) is 6. The molecule has 2 fully saturated rings. The first-order valence-corrected chi connectivity index (χ1v) is 9.30. The first-order valence-electron chi connectivity index (χ1n) is 8.49. The average molecular weight is 398 g/mol. The van der Waals surface area contributed by atoms with Crippen molar-refractivity contribution in [2.24, 2.45) is 5.73 Å². The van der Waals surface area contributed by atoms with Crippen LogP contribution in [-0.2, 0) is 4.79 Å². The van der Waals surface area contributed by atoms with Gasteiger partial charge in [-0.2, -0.15) is 0 Å². The smallest absolute Gasteiger partial charge is 0.290 e. The van der Waals surface area contributed by atoms with E-state index in [1.807, 2.05) is 32.0 Å². The second kappa shape index (κ2) is 8.79. The molecular formula is C18H24ClN3O3S. The molecule has 3 N–H and O–H groups in total. The molecule has 2 amide bonds. The molecule has 0 aromatic heterocycles. The van der Waals surface area contributed by atoms with E-state index in [1.54, 1.807) is 6.08 Å². The second-order valence-electron chi connectivity index (χ2n) is 6.56. The molecular weight excluding hydrogens is 374 g/mol. The van der Waals surface area contributed by atoms with Crippen molar-refractivity contribution >= 4 is 47.1 Å². The fourth-order valence-electron chi connectivity index (χ4n) is 3.12. The molecule has 1 aromatic carbocycles. The number of nitrogens with one attached hydrogen (secondary N) is 1. The van der Waals surface area contributed by atoms with Crippen LogP contribution in [0.15, 0.2) is 23.1 Å². The van der Waals surface area contributed by atoms with E-state index < -0.39 is 0 Å². The van der Waals surface area contributed by atoms with Gasteiger partial charge in [0, 0.05) is 24.7 Å². The molecule has 1 atom stereocenters. The summed E-state index contributed by atoms with van der Waals surface area (Å²) in [4.78, 5) is 26.0. The van der Waals surface area contributed by atoms with Gasteiger partial charge < -0.3 is 15.4 Å². The normalized spacial score (nSPS) is 21.8. The van der Waals surface area contributed by atoms with Gasteiger partial charge in [0.1, 0.15) is 5.75 Å². The molecule has 0 bridgehead atoms. The topological polar surface area (TPSA) is 84.7 Å². The number of imide groups is 1. The Labute approximate surface area is 163 Å². The van der Waals surface area contributed by atoms with Crippen molar-refractivity contribution in [1.29, 1.82) is 0 Å². The number of para-hydroxylation sites is 1. The number of piperidine rings is 1. The molecule has 0 unspecified atom stereocenters. The third kappa shape index (κ3) is 4.72. The quantitative estimate of drug-likeness (QED) is 0.759. The Morgan fingerprint density at radius 3 is 2.77 bits per heavy atom. The third-order valence-electron chi connectivity index (χ3n) is 4.10. The van der Waals surface area contributed by atoms with Gasteiger partial charge in [-0.25, -0.2) is 0 Å². The highest BCUT2D eigenvalue weighted by atomic mass is 35.5. The number of amides is 2. The second-order valence-corrected chi connectivity index (χ2v) is 7.58. The van der Waals surface area contributed by atoms with Crippen molar-refractivity contribution in [3.8, 4) is 5.75 Å². The molecule has 2 saturated heterocycles. The van der Waals surface area contributed by atoms with Gasteiger partial charge in [-0.1, -0.05) is 12.1 Å². The summed E-state index contributed by atoms with van der Waals surface area (Å²) in [7, 11) is 0. The fourth-order valence-corrected chi connectivity index (χ4v) is 3.79. The Kier molecular flexibility index (Phi) is 6.97. The molecule has 0 spiro atoms. The van der Waals surface area contributed by atoms with E-state index >= 15 is 0 Å². The monoisotopic (exact) mass is 397 g/mol. The first kappa shape index (κ1) is 20.6. The van der Waals surface area contributed by atoms with Gasteiger partial charge in [0.05, 0.1) is 16.7 Å². The molecule has 2 heterocycles. The number of nitrogens with two attached hydrogens (primary N) is 1. The van der Waals surface area contributed by atoms with Crippen LogP contribution in [0.2, 0.25) is 0 Å². The van der Waals surface area contributed by atoms with Crippen LogP contribution in [0.1, 0.15) is 32.3 Å².